The van der Waals surface area contributed by atoms with E-state index in [-0.39, 0.29) is 5.41 Å². The number of aromatic hydroxyl groups is 2. The fraction of sp³-hybridized carbons (Fsp3) is 0.391. The normalized spacial score (nSPS) is 26.8. The Morgan fingerprint density at radius 2 is 1.32 bits per heavy atom. The zero-order valence-electron chi connectivity index (χ0n) is 15.2. The Labute approximate surface area is 149 Å². The van der Waals surface area contributed by atoms with Gasteiger partial charge in [0.25, 0.3) is 0 Å². The van der Waals surface area contributed by atoms with E-state index >= 15 is 0 Å². The summed E-state index contributed by atoms with van der Waals surface area (Å²) in [6.45, 7) is 7.27. The Morgan fingerprint density at radius 1 is 0.840 bits per heavy atom. The quantitative estimate of drug-likeness (QED) is 0.734. The van der Waals surface area contributed by atoms with Crippen LogP contribution in [0.1, 0.15) is 51.2 Å². The number of phenolic OH excluding ortho intramolecular Hbond substituents is 2. The molecule has 2 bridgehead atoms. The van der Waals surface area contributed by atoms with Crippen LogP contribution < -0.4 is 0 Å². The molecular formula is C23H26O2. The summed E-state index contributed by atoms with van der Waals surface area (Å²) in [5.41, 5.74) is 5.60. The second-order valence-electron chi connectivity index (χ2n) is 8.44. The van der Waals surface area contributed by atoms with Gasteiger partial charge in [-0.15, -0.1) is 0 Å². The molecule has 2 N–H and O–H groups in total. The third kappa shape index (κ3) is 2.31. The second-order valence-corrected chi connectivity index (χ2v) is 8.44. The van der Waals surface area contributed by atoms with E-state index in [2.05, 4.69) is 20.8 Å². The van der Waals surface area contributed by atoms with Gasteiger partial charge in [-0.1, -0.05) is 50.6 Å². The molecule has 2 nitrogen and oxygen atoms in total. The molecule has 2 heteroatoms. The van der Waals surface area contributed by atoms with Gasteiger partial charge in [0.1, 0.15) is 11.5 Å². The van der Waals surface area contributed by atoms with Gasteiger partial charge >= 0.3 is 0 Å². The summed E-state index contributed by atoms with van der Waals surface area (Å²) >= 11 is 0. The number of hydrogen-bond acceptors (Lipinski definition) is 2. The summed E-state index contributed by atoms with van der Waals surface area (Å²) in [6, 6.07) is 15.1. The Kier molecular flexibility index (Phi) is 3.50. The van der Waals surface area contributed by atoms with Crippen LogP contribution in [0.4, 0.5) is 0 Å². The van der Waals surface area contributed by atoms with E-state index in [1.165, 1.54) is 24.0 Å². The number of hydrogen-bond donors (Lipinski definition) is 2. The van der Waals surface area contributed by atoms with E-state index in [4.69, 9.17) is 0 Å². The van der Waals surface area contributed by atoms with Crippen molar-refractivity contribution < 1.29 is 10.2 Å². The lowest BCUT2D eigenvalue weighted by Crippen LogP contribution is -2.28. The highest BCUT2D eigenvalue weighted by Gasteiger charge is 2.59. The fourth-order valence-corrected chi connectivity index (χ4v) is 5.11. The van der Waals surface area contributed by atoms with Crippen molar-refractivity contribution in [3.63, 3.8) is 0 Å². The average Bonchev–Trinajstić information content (AvgIpc) is 2.92. The summed E-state index contributed by atoms with van der Waals surface area (Å²) in [6.07, 6.45) is 3.69. The molecule has 0 heterocycles. The monoisotopic (exact) mass is 334 g/mol. The molecule has 4 rings (SSSR count). The molecule has 2 fully saturated rings. The van der Waals surface area contributed by atoms with Gasteiger partial charge in [-0.3, -0.25) is 0 Å². The number of benzene rings is 2. The highest BCUT2D eigenvalue weighted by molar-refractivity contribution is 5.84. The minimum Gasteiger partial charge on any atom is -0.508 e. The number of rotatable bonds is 2. The van der Waals surface area contributed by atoms with Crippen LogP contribution in [-0.4, -0.2) is 10.2 Å². The Hall–Kier alpha value is -2.22. The zero-order chi connectivity index (χ0) is 17.8. The smallest absolute Gasteiger partial charge is 0.115 e. The second kappa shape index (κ2) is 5.39. The van der Waals surface area contributed by atoms with Crippen LogP contribution in [0.15, 0.2) is 54.1 Å². The summed E-state index contributed by atoms with van der Waals surface area (Å²) < 4.78 is 0. The van der Waals surface area contributed by atoms with Gasteiger partial charge in [0.2, 0.25) is 0 Å². The van der Waals surface area contributed by atoms with Gasteiger partial charge < -0.3 is 10.2 Å². The number of phenols is 2. The van der Waals surface area contributed by atoms with Crippen LogP contribution in [0.5, 0.6) is 11.5 Å². The van der Waals surface area contributed by atoms with E-state index in [9.17, 15) is 10.2 Å². The molecule has 0 aliphatic heterocycles. The third-order valence-electron chi connectivity index (χ3n) is 7.17. The topological polar surface area (TPSA) is 40.5 Å². The van der Waals surface area contributed by atoms with Crippen LogP contribution in [0, 0.1) is 16.7 Å². The third-order valence-corrected chi connectivity index (χ3v) is 7.17. The molecule has 2 aliphatic carbocycles. The molecule has 2 atom stereocenters. The summed E-state index contributed by atoms with van der Waals surface area (Å²) in [4.78, 5) is 0. The first-order valence-electron chi connectivity index (χ1n) is 9.15. The van der Waals surface area contributed by atoms with E-state index in [0.29, 0.717) is 16.9 Å². The Balaban J connectivity index is 1.96. The molecule has 25 heavy (non-hydrogen) atoms. The molecule has 2 aromatic rings. The van der Waals surface area contributed by atoms with E-state index in [1.807, 2.05) is 24.3 Å². The molecule has 2 aromatic carbocycles. The predicted molar refractivity (Wildman–Crippen MR) is 101 cm³/mol. The van der Waals surface area contributed by atoms with Gasteiger partial charge in [-0.25, -0.2) is 0 Å². The summed E-state index contributed by atoms with van der Waals surface area (Å²) in [7, 11) is 0. The highest BCUT2D eigenvalue weighted by Crippen LogP contribution is 2.69. The van der Waals surface area contributed by atoms with Gasteiger partial charge in [-0.2, -0.15) is 0 Å². The molecule has 2 aliphatic rings. The van der Waals surface area contributed by atoms with Crippen molar-refractivity contribution >= 4 is 5.57 Å². The molecule has 130 valence electrons. The fourth-order valence-electron chi connectivity index (χ4n) is 5.11. The molecule has 0 aromatic heterocycles. The predicted octanol–water partition coefficient (Wildman–Crippen LogP) is 5.75. The Morgan fingerprint density at radius 3 is 1.68 bits per heavy atom. The molecule has 0 saturated heterocycles. The van der Waals surface area contributed by atoms with E-state index in [0.717, 1.165) is 23.5 Å². The van der Waals surface area contributed by atoms with Crippen LogP contribution in [0.2, 0.25) is 0 Å². The molecule has 0 radical (unpaired) electrons. The standard InChI is InChI=1S/C23H26O2/c1-22(2)17-12-13-23(22,3)20(14-17)21(15-4-8-18(24)9-5-15)16-6-10-19(25)11-7-16/h4-11,17,24-25H,12-14H2,1-3H3/t17-,23+/m1/s1. The summed E-state index contributed by atoms with van der Waals surface area (Å²) in [5, 5.41) is 19.4. The largest absolute Gasteiger partial charge is 0.508 e. The lowest BCUT2D eigenvalue weighted by molar-refractivity contribution is 0.179. The maximum Gasteiger partial charge on any atom is 0.115 e. The first-order chi connectivity index (χ1) is 11.8. The molecule has 0 unspecified atom stereocenters. The Bertz CT molecular complexity index is 780. The number of allylic oxidation sites excluding steroid dienone is 1. The van der Waals surface area contributed by atoms with Crippen molar-refractivity contribution in [2.45, 2.75) is 40.0 Å². The lowest BCUT2D eigenvalue weighted by atomic mass is 9.67. The van der Waals surface area contributed by atoms with Gasteiger partial charge in [0, 0.05) is 0 Å². The number of fused-ring (bicyclic) bond motifs is 2. The minimum absolute atomic E-state index is 0.197. The SMILES string of the molecule is CC1(C)[C@@H]2CC[C@@]1(C)C(=C(c1ccc(O)cc1)c1ccc(O)cc1)C2. The van der Waals surface area contributed by atoms with Crippen LogP contribution in [0.3, 0.4) is 0 Å². The van der Waals surface area contributed by atoms with Crippen molar-refractivity contribution in [3.8, 4) is 11.5 Å². The summed E-state index contributed by atoms with van der Waals surface area (Å²) in [5.74, 6) is 1.31. The highest BCUT2D eigenvalue weighted by atomic mass is 16.3. The molecule has 0 spiro atoms. The first kappa shape index (κ1) is 16.3. The lowest BCUT2D eigenvalue weighted by Gasteiger charge is -2.37. The molecule has 0 amide bonds. The maximum absolute atomic E-state index is 9.70. The van der Waals surface area contributed by atoms with Crippen molar-refractivity contribution in [1.82, 2.24) is 0 Å². The van der Waals surface area contributed by atoms with Crippen molar-refractivity contribution in [3.05, 3.63) is 65.2 Å². The maximum atomic E-state index is 9.70. The average molecular weight is 334 g/mol. The van der Waals surface area contributed by atoms with Crippen LogP contribution in [0.25, 0.3) is 5.57 Å². The van der Waals surface area contributed by atoms with E-state index < -0.39 is 0 Å². The van der Waals surface area contributed by atoms with Gasteiger partial charge in [0.15, 0.2) is 0 Å². The van der Waals surface area contributed by atoms with Crippen molar-refractivity contribution in [1.29, 1.82) is 0 Å². The van der Waals surface area contributed by atoms with Crippen LogP contribution >= 0.6 is 0 Å². The molecule has 2 saturated carbocycles. The van der Waals surface area contributed by atoms with Gasteiger partial charge in [-0.05, 0) is 77.0 Å². The minimum atomic E-state index is 0.197. The first-order valence-corrected chi connectivity index (χ1v) is 9.15. The zero-order valence-corrected chi connectivity index (χ0v) is 15.2. The van der Waals surface area contributed by atoms with Crippen LogP contribution in [-0.2, 0) is 0 Å². The van der Waals surface area contributed by atoms with Crippen molar-refractivity contribution in [2.75, 3.05) is 0 Å². The van der Waals surface area contributed by atoms with Crippen molar-refractivity contribution in [2.24, 2.45) is 16.7 Å². The van der Waals surface area contributed by atoms with E-state index in [1.54, 1.807) is 24.3 Å². The molecular weight excluding hydrogens is 308 g/mol. The van der Waals surface area contributed by atoms with Gasteiger partial charge in [0.05, 0.1) is 0 Å².